The maximum atomic E-state index is 12.7. The lowest BCUT2D eigenvalue weighted by Gasteiger charge is -2.24. The molecule has 0 aromatic heterocycles. The predicted octanol–water partition coefficient (Wildman–Crippen LogP) is 12.8. The van der Waals surface area contributed by atoms with Crippen molar-refractivity contribution in [3.05, 3.63) is 85.1 Å². The van der Waals surface area contributed by atoms with Crippen molar-refractivity contribution in [2.45, 2.75) is 161 Å². The third-order valence-corrected chi connectivity index (χ3v) is 9.92. The molecule has 0 amide bonds. The monoisotopic (exact) mass is 833 g/mol. The van der Waals surface area contributed by atoms with Crippen molar-refractivity contribution in [1.82, 2.24) is 0 Å². The van der Waals surface area contributed by atoms with Crippen molar-refractivity contribution in [2.75, 3.05) is 47.5 Å². The van der Waals surface area contributed by atoms with Gasteiger partial charge >= 0.3 is 19.8 Å². The summed E-state index contributed by atoms with van der Waals surface area (Å²) >= 11 is 0. The van der Waals surface area contributed by atoms with Crippen molar-refractivity contribution in [2.24, 2.45) is 0 Å². The average molecular weight is 833 g/mol. The molecule has 0 aliphatic rings. The van der Waals surface area contributed by atoms with Gasteiger partial charge in [0, 0.05) is 12.8 Å². The van der Waals surface area contributed by atoms with Crippen LogP contribution in [0.4, 0.5) is 0 Å². The molecule has 2 unspecified atom stereocenters. The SMILES string of the molecule is CC/C=C\C/C=C\C/C=C\C/C=C\C/C=C\C/C=C\C/C=C\CCCCCCCC(=O)OC(COC(=O)CCCCCCCCC)COP(=O)(O)OCC[N+](C)(C)C. The molecule has 0 heterocycles. The van der Waals surface area contributed by atoms with Crippen LogP contribution in [0.1, 0.15) is 155 Å². The lowest BCUT2D eigenvalue weighted by Crippen LogP contribution is -2.37. The Hall–Kier alpha value is -2.81. The third kappa shape index (κ3) is 42.8. The topological polar surface area (TPSA) is 108 Å². The number of unbranched alkanes of at least 4 members (excludes halogenated alkanes) is 11. The van der Waals surface area contributed by atoms with Gasteiger partial charge in [-0.05, 0) is 70.6 Å². The molecule has 0 radical (unpaired) electrons. The highest BCUT2D eigenvalue weighted by molar-refractivity contribution is 7.47. The highest BCUT2D eigenvalue weighted by Gasteiger charge is 2.27. The third-order valence-electron chi connectivity index (χ3n) is 8.94. The molecule has 0 bridgehead atoms. The molecule has 9 nitrogen and oxygen atoms in total. The summed E-state index contributed by atoms with van der Waals surface area (Å²) in [6, 6.07) is 0. The largest absolute Gasteiger partial charge is 0.472 e. The molecule has 0 spiro atoms. The number of hydrogen-bond donors (Lipinski definition) is 1. The maximum Gasteiger partial charge on any atom is 0.472 e. The summed E-state index contributed by atoms with van der Waals surface area (Å²) in [5.74, 6) is -0.836. The van der Waals surface area contributed by atoms with Gasteiger partial charge in [-0.2, -0.15) is 0 Å². The zero-order chi connectivity index (χ0) is 42.8. The molecular weight excluding hydrogens is 750 g/mol. The number of hydrogen-bond acceptors (Lipinski definition) is 7. The molecule has 0 fully saturated rings. The van der Waals surface area contributed by atoms with Gasteiger partial charge in [0.05, 0.1) is 27.7 Å². The van der Waals surface area contributed by atoms with E-state index in [-0.39, 0.29) is 32.0 Å². The molecule has 0 saturated heterocycles. The fourth-order valence-electron chi connectivity index (χ4n) is 5.46. The Balaban J connectivity index is 4.25. The Kier molecular flexibility index (Phi) is 37.7. The average Bonchev–Trinajstić information content (AvgIpc) is 3.17. The summed E-state index contributed by atoms with van der Waals surface area (Å²) < 4.78 is 34.1. The molecule has 0 aliphatic heterocycles. The van der Waals surface area contributed by atoms with E-state index in [9.17, 15) is 19.0 Å². The summed E-state index contributed by atoms with van der Waals surface area (Å²) in [6.45, 7) is 4.21. The van der Waals surface area contributed by atoms with E-state index in [2.05, 4.69) is 98.9 Å². The normalized spacial score (nSPS) is 14.4. The lowest BCUT2D eigenvalue weighted by molar-refractivity contribution is -0.870. The molecule has 2 atom stereocenters. The van der Waals surface area contributed by atoms with Gasteiger partial charge in [0.1, 0.15) is 19.8 Å². The number of esters is 2. The number of rotatable bonds is 39. The summed E-state index contributed by atoms with van der Waals surface area (Å²) in [5.41, 5.74) is 0. The smallest absolute Gasteiger partial charge is 0.462 e. The van der Waals surface area contributed by atoms with Gasteiger partial charge in [0.25, 0.3) is 0 Å². The van der Waals surface area contributed by atoms with E-state index in [0.717, 1.165) is 96.3 Å². The predicted molar refractivity (Wildman–Crippen MR) is 242 cm³/mol. The summed E-state index contributed by atoms with van der Waals surface area (Å²) in [4.78, 5) is 35.2. The highest BCUT2D eigenvalue weighted by atomic mass is 31.2. The second-order valence-corrected chi connectivity index (χ2v) is 17.2. The van der Waals surface area contributed by atoms with Crippen molar-refractivity contribution in [3.63, 3.8) is 0 Å². The number of quaternary nitrogens is 1. The van der Waals surface area contributed by atoms with E-state index in [4.69, 9.17) is 18.5 Å². The summed E-state index contributed by atoms with van der Waals surface area (Å²) in [5, 5.41) is 0. The number of ether oxygens (including phenoxy) is 2. The first-order valence-corrected chi connectivity index (χ1v) is 23.8. The second kappa shape index (κ2) is 39.6. The fraction of sp³-hybridized carbons (Fsp3) is 0.667. The van der Waals surface area contributed by atoms with Gasteiger partial charge in [0.2, 0.25) is 0 Å². The van der Waals surface area contributed by atoms with Crippen molar-refractivity contribution in [1.29, 1.82) is 0 Å². The minimum atomic E-state index is -4.38. The van der Waals surface area contributed by atoms with E-state index >= 15 is 0 Å². The molecule has 0 aromatic rings. The Morgan fingerprint density at radius 3 is 1.47 bits per heavy atom. The molecule has 58 heavy (non-hydrogen) atoms. The molecule has 10 heteroatoms. The quantitative estimate of drug-likeness (QED) is 0.0214. The Morgan fingerprint density at radius 1 is 0.552 bits per heavy atom. The van der Waals surface area contributed by atoms with E-state index in [1.165, 1.54) is 25.7 Å². The first-order chi connectivity index (χ1) is 28.0. The maximum absolute atomic E-state index is 12.7. The van der Waals surface area contributed by atoms with Gasteiger partial charge in [-0.3, -0.25) is 18.6 Å². The molecule has 332 valence electrons. The van der Waals surface area contributed by atoms with Crippen LogP contribution in [0.15, 0.2) is 85.1 Å². The summed E-state index contributed by atoms with van der Waals surface area (Å²) in [7, 11) is 1.45. The molecule has 0 rings (SSSR count). The van der Waals surface area contributed by atoms with Crippen molar-refractivity contribution >= 4 is 19.8 Å². The number of allylic oxidation sites excluding steroid dienone is 14. The number of phosphoric ester groups is 1. The van der Waals surface area contributed by atoms with Gasteiger partial charge in [0.15, 0.2) is 6.10 Å². The second-order valence-electron chi connectivity index (χ2n) is 15.7. The standard InChI is InChI=1S/C48H82NO8P/c1-6-8-10-12-14-15-16-17-18-19-20-21-22-23-24-25-26-27-28-29-30-31-32-33-35-37-39-41-48(51)57-46(45-56-58(52,53)55-43-42-49(3,4)5)44-54-47(50)40-38-36-34-13-11-9-7-2/h8,10,14-15,17-18,20-21,23-24,26-27,29-30,46H,6-7,9,11-13,16,19,22,25,28,31-45H2,1-5H3/p+1/b10-8-,15-14-,18-17-,21-20-,24-23-,27-26-,30-29-. The first kappa shape index (κ1) is 55.2. The van der Waals surface area contributed by atoms with E-state index < -0.39 is 26.5 Å². The first-order valence-electron chi connectivity index (χ1n) is 22.3. The Morgan fingerprint density at radius 2 is 0.983 bits per heavy atom. The van der Waals surface area contributed by atoms with Gasteiger partial charge in [-0.15, -0.1) is 0 Å². The lowest BCUT2D eigenvalue weighted by atomic mass is 10.1. The highest BCUT2D eigenvalue weighted by Crippen LogP contribution is 2.43. The van der Waals surface area contributed by atoms with Crippen LogP contribution in [0, 0.1) is 0 Å². The van der Waals surface area contributed by atoms with E-state index in [1.807, 2.05) is 21.1 Å². The Bertz CT molecular complexity index is 1260. The minimum absolute atomic E-state index is 0.0236. The van der Waals surface area contributed by atoms with Crippen LogP contribution in [-0.2, 0) is 32.7 Å². The number of carbonyl (C=O) groups is 2. The van der Waals surface area contributed by atoms with E-state index in [1.54, 1.807) is 0 Å². The van der Waals surface area contributed by atoms with Crippen LogP contribution in [0.25, 0.3) is 0 Å². The van der Waals surface area contributed by atoms with Crippen LogP contribution < -0.4 is 0 Å². The van der Waals surface area contributed by atoms with E-state index in [0.29, 0.717) is 17.4 Å². The van der Waals surface area contributed by atoms with Crippen LogP contribution in [-0.4, -0.2) is 74.9 Å². The van der Waals surface area contributed by atoms with Crippen LogP contribution in [0.2, 0.25) is 0 Å². The zero-order valence-electron chi connectivity index (χ0n) is 37.2. The number of phosphoric acid groups is 1. The molecule has 0 saturated carbocycles. The van der Waals surface area contributed by atoms with Gasteiger partial charge in [-0.1, -0.05) is 157 Å². The van der Waals surface area contributed by atoms with Crippen molar-refractivity contribution in [3.8, 4) is 0 Å². The minimum Gasteiger partial charge on any atom is -0.462 e. The molecule has 0 aromatic carbocycles. The summed E-state index contributed by atoms with van der Waals surface area (Å²) in [6.07, 6.45) is 50.9. The van der Waals surface area contributed by atoms with Gasteiger partial charge in [-0.25, -0.2) is 4.57 Å². The fourth-order valence-corrected chi connectivity index (χ4v) is 6.20. The number of carbonyl (C=O) groups excluding carboxylic acids is 2. The van der Waals surface area contributed by atoms with Crippen LogP contribution >= 0.6 is 7.82 Å². The number of nitrogens with zero attached hydrogens (tertiary/aromatic N) is 1. The molecular formula is C48H83NO8P+. The van der Waals surface area contributed by atoms with Crippen LogP contribution in [0.3, 0.4) is 0 Å². The molecule has 1 N–H and O–H groups in total. The molecule has 0 aliphatic carbocycles. The van der Waals surface area contributed by atoms with Gasteiger partial charge < -0.3 is 18.9 Å². The number of likely N-dealkylation sites (N-methyl/N-ethyl adjacent to an activating group) is 1. The Labute approximate surface area is 354 Å². The van der Waals surface area contributed by atoms with Crippen LogP contribution in [0.5, 0.6) is 0 Å². The van der Waals surface area contributed by atoms with Crippen molar-refractivity contribution < 1.29 is 42.1 Å². The zero-order valence-corrected chi connectivity index (χ0v) is 38.1.